The summed E-state index contributed by atoms with van der Waals surface area (Å²) in [5.74, 6) is 0. The molecule has 1 unspecified atom stereocenters. The quantitative estimate of drug-likeness (QED) is 0.911. The van der Waals surface area contributed by atoms with Crippen LogP contribution in [0.3, 0.4) is 0 Å². The first kappa shape index (κ1) is 13.3. The molecule has 0 saturated carbocycles. The summed E-state index contributed by atoms with van der Waals surface area (Å²) in [6.45, 7) is 2.14. The van der Waals surface area contributed by atoms with E-state index in [0.29, 0.717) is 0 Å². The number of benzene rings is 2. The lowest BCUT2D eigenvalue weighted by Gasteiger charge is -2.13. The Labute approximate surface area is 117 Å². The van der Waals surface area contributed by atoms with Gasteiger partial charge in [0.1, 0.15) is 0 Å². The molecule has 2 heteroatoms. The Bertz CT molecular complexity index is 522. The second kappa shape index (κ2) is 6.17. The van der Waals surface area contributed by atoms with Gasteiger partial charge in [0.25, 0.3) is 0 Å². The van der Waals surface area contributed by atoms with Gasteiger partial charge >= 0.3 is 0 Å². The topological polar surface area (TPSA) is 26.0 Å². The number of aryl methyl sites for hydroxylation is 1. The van der Waals surface area contributed by atoms with Crippen LogP contribution >= 0.6 is 15.9 Å². The van der Waals surface area contributed by atoms with Crippen LogP contribution in [0.2, 0.25) is 0 Å². The maximum atomic E-state index is 6.24. The third-order valence-electron chi connectivity index (χ3n) is 3.13. The first-order chi connectivity index (χ1) is 8.65. The number of nitrogens with two attached hydrogens (primary N) is 1. The summed E-state index contributed by atoms with van der Waals surface area (Å²) in [5, 5.41) is 0. The summed E-state index contributed by atoms with van der Waals surface area (Å²) in [5.41, 5.74) is 10.2. The molecule has 1 nitrogen and oxygen atoms in total. The van der Waals surface area contributed by atoms with E-state index >= 15 is 0 Å². The van der Waals surface area contributed by atoms with Gasteiger partial charge in [0, 0.05) is 10.5 Å². The molecule has 0 aliphatic heterocycles. The monoisotopic (exact) mass is 303 g/mol. The molecule has 0 aliphatic rings. The van der Waals surface area contributed by atoms with Crippen LogP contribution in [0.25, 0.3) is 0 Å². The molecule has 18 heavy (non-hydrogen) atoms. The van der Waals surface area contributed by atoms with Crippen LogP contribution in [-0.4, -0.2) is 6.04 Å². The molecule has 0 heterocycles. The maximum absolute atomic E-state index is 6.24. The van der Waals surface area contributed by atoms with E-state index in [4.69, 9.17) is 5.73 Å². The van der Waals surface area contributed by atoms with Gasteiger partial charge in [-0.15, -0.1) is 0 Å². The van der Waals surface area contributed by atoms with Crippen molar-refractivity contribution in [1.29, 1.82) is 0 Å². The van der Waals surface area contributed by atoms with Crippen molar-refractivity contribution in [3.05, 3.63) is 69.7 Å². The normalized spacial score (nSPS) is 12.4. The molecule has 0 fully saturated rings. The summed E-state index contributed by atoms with van der Waals surface area (Å²) in [6, 6.07) is 17.0. The number of halogens is 1. The SMILES string of the molecule is Cc1ccccc1CC(N)Cc1cccc(Br)c1. The second-order valence-corrected chi connectivity index (χ2v) is 5.64. The largest absolute Gasteiger partial charge is 0.327 e. The minimum atomic E-state index is 0.167. The van der Waals surface area contributed by atoms with Gasteiger partial charge in [0.2, 0.25) is 0 Å². The zero-order valence-electron chi connectivity index (χ0n) is 10.6. The van der Waals surface area contributed by atoms with E-state index in [1.54, 1.807) is 0 Å². The molecule has 0 bridgehead atoms. The molecule has 0 amide bonds. The molecule has 2 rings (SSSR count). The van der Waals surface area contributed by atoms with E-state index in [1.807, 2.05) is 6.07 Å². The Balaban J connectivity index is 2.01. The predicted octanol–water partition coefficient (Wildman–Crippen LogP) is 3.87. The van der Waals surface area contributed by atoms with Gasteiger partial charge in [-0.2, -0.15) is 0 Å². The number of hydrogen-bond donors (Lipinski definition) is 1. The highest BCUT2D eigenvalue weighted by Gasteiger charge is 2.07. The molecule has 2 aromatic carbocycles. The van der Waals surface area contributed by atoms with E-state index in [1.165, 1.54) is 16.7 Å². The maximum Gasteiger partial charge on any atom is 0.0178 e. The van der Waals surface area contributed by atoms with Crippen molar-refractivity contribution < 1.29 is 0 Å². The lowest BCUT2D eigenvalue weighted by molar-refractivity contribution is 0.662. The van der Waals surface area contributed by atoms with E-state index in [9.17, 15) is 0 Å². The zero-order chi connectivity index (χ0) is 13.0. The van der Waals surface area contributed by atoms with E-state index in [-0.39, 0.29) is 6.04 Å². The van der Waals surface area contributed by atoms with Crippen LogP contribution in [-0.2, 0) is 12.8 Å². The van der Waals surface area contributed by atoms with Crippen molar-refractivity contribution in [1.82, 2.24) is 0 Å². The summed E-state index contributed by atoms with van der Waals surface area (Å²) < 4.78 is 1.11. The summed E-state index contributed by atoms with van der Waals surface area (Å²) in [6.07, 6.45) is 1.84. The Hall–Kier alpha value is -1.12. The molecule has 94 valence electrons. The van der Waals surface area contributed by atoms with Crippen LogP contribution < -0.4 is 5.73 Å². The minimum Gasteiger partial charge on any atom is -0.327 e. The Morgan fingerprint density at radius 2 is 1.83 bits per heavy atom. The van der Waals surface area contributed by atoms with Gasteiger partial charge in [0.15, 0.2) is 0 Å². The molecule has 2 aromatic rings. The van der Waals surface area contributed by atoms with Crippen molar-refractivity contribution in [2.45, 2.75) is 25.8 Å². The Morgan fingerprint density at radius 3 is 2.56 bits per heavy atom. The van der Waals surface area contributed by atoms with Crippen molar-refractivity contribution in [2.24, 2.45) is 5.73 Å². The van der Waals surface area contributed by atoms with Gasteiger partial charge in [0.05, 0.1) is 0 Å². The third-order valence-corrected chi connectivity index (χ3v) is 3.62. The van der Waals surface area contributed by atoms with Gasteiger partial charge < -0.3 is 5.73 Å². The van der Waals surface area contributed by atoms with Crippen LogP contribution in [0.5, 0.6) is 0 Å². The first-order valence-electron chi connectivity index (χ1n) is 6.19. The molecule has 0 saturated heterocycles. The van der Waals surface area contributed by atoms with Crippen molar-refractivity contribution in [3.8, 4) is 0 Å². The van der Waals surface area contributed by atoms with Gasteiger partial charge in [-0.05, 0) is 48.6 Å². The van der Waals surface area contributed by atoms with E-state index in [0.717, 1.165) is 17.3 Å². The highest BCUT2D eigenvalue weighted by Crippen LogP contribution is 2.15. The summed E-state index contributed by atoms with van der Waals surface area (Å²) in [7, 11) is 0. The van der Waals surface area contributed by atoms with Crippen LogP contribution in [0.4, 0.5) is 0 Å². The molecule has 0 spiro atoms. The standard InChI is InChI=1S/C16H18BrN/c1-12-5-2-3-7-14(12)11-16(18)10-13-6-4-8-15(17)9-13/h2-9,16H,10-11,18H2,1H3. The summed E-state index contributed by atoms with van der Waals surface area (Å²) >= 11 is 3.49. The average Bonchev–Trinajstić information content (AvgIpc) is 2.32. The Morgan fingerprint density at radius 1 is 1.06 bits per heavy atom. The fourth-order valence-corrected chi connectivity index (χ4v) is 2.61. The van der Waals surface area contributed by atoms with Crippen molar-refractivity contribution >= 4 is 15.9 Å². The second-order valence-electron chi connectivity index (χ2n) is 4.72. The molecular formula is C16H18BrN. The lowest BCUT2D eigenvalue weighted by Crippen LogP contribution is -2.25. The number of hydrogen-bond acceptors (Lipinski definition) is 1. The lowest BCUT2D eigenvalue weighted by atomic mass is 9.97. The van der Waals surface area contributed by atoms with Crippen molar-refractivity contribution in [3.63, 3.8) is 0 Å². The van der Waals surface area contributed by atoms with E-state index < -0.39 is 0 Å². The minimum absolute atomic E-state index is 0.167. The highest BCUT2D eigenvalue weighted by atomic mass is 79.9. The molecular weight excluding hydrogens is 286 g/mol. The molecule has 0 aromatic heterocycles. The molecule has 2 N–H and O–H groups in total. The predicted molar refractivity (Wildman–Crippen MR) is 80.7 cm³/mol. The zero-order valence-corrected chi connectivity index (χ0v) is 12.2. The van der Waals surface area contributed by atoms with Gasteiger partial charge in [-0.1, -0.05) is 52.3 Å². The summed E-state index contributed by atoms with van der Waals surface area (Å²) in [4.78, 5) is 0. The Kier molecular flexibility index (Phi) is 4.56. The molecule has 0 aliphatic carbocycles. The van der Waals surface area contributed by atoms with Gasteiger partial charge in [-0.25, -0.2) is 0 Å². The fraction of sp³-hybridized carbons (Fsp3) is 0.250. The molecule has 0 radical (unpaired) electrons. The fourth-order valence-electron chi connectivity index (χ4n) is 2.16. The third kappa shape index (κ3) is 3.69. The smallest absolute Gasteiger partial charge is 0.0178 e. The molecule has 1 atom stereocenters. The van der Waals surface area contributed by atoms with Gasteiger partial charge in [-0.3, -0.25) is 0 Å². The van der Waals surface area contributed by atoms with Crippen LogP contribution in [0.1, 0.15) is 16.7 Å². The average molecular weight is 304 g/mol. The van der Waals surface area contributed by atoms with Crippen LogP contribution in [0, 0.1) is 6.92 Å². The van der Waals surface area contributed by atoms with Crippen molar-refractivity contribution in [2.75, 3.05) is 0 Å². The highest BCUT2D eigenvalue weighted by molar-refractivity contribution is 9.10. The van der Waals surface area contributed by atoms with E-state index in [2.05, 4.69) is 65.3 Å². The van der Waals surface area contributed by atoms with Crippen LogP contribution in [0.15, 0.2) is 53.0 Å². The first-order valence-corrected chi connectivity index (χ1v) is 6.99. The number of rotatable bonds is 4.